The van der Waals surface area contributed by atoms with Crippen molar-refractivity contribution in [2.45, 2.75) is 33.9 Å². The molecule has 0 atom stereocenters. The van der Waals surface area contributed by atoms with Crippen molar-refractivity contribution in [2.75, 3.05) is 5.32 Å². The van der Waals surface area contributed by atoms with Crippen LogP contribution in [0.15, 0.2) is 66.7 Å². The van der Waals surface area contributed by atoms with Gasteiger partial charge in [-0.3, -0.25) is 19.6 Å². The minimum absolute atomic E-state index is 0.0433. The molecule has 0 fully saturated rings. The van der Waals surface area contributed by atoms with Gasteiger partial charge in [0.15, 0.2) is 0 Å². The number of carbonyl (C=O) groups excluding carboxylic acids is 1. The number of amides is 1. The highest BCUT2D eigenvalue weighted by molar-refractivity contribution is 6.31. The van der Waals surface area contributed by atoms with Crippen LogP contribution in [0.3, 0.4) is 0 Å². The second-order valence-electron chi connectivity index (χ2n) is 8.44. The van der Waals surface area contributed by atoms with Crippen molar-refractivity contribution in [1.82, 2.24) is 9.78 Å². The van der Waals surface area contributed by atoms with Crippen molar-refractivity contribution >= 4 is 28.9 Å². The molecular weight excluding hydrogens is 480 g/mol. The van der Waals surface area contributed by atoms with Gasteiger partial charge in [-0.05, 0) is 62.2 Å². The first-order valence-corrected chi connectivity index (χ1v) is 11.7. The van der Waals surface area contributed by atoms with Gasteiger partial charge in [-0.15, -0.1) is 0 Å². The predicted molar refractivity (Wildman–Crippen MR) is 139 cm³/mol. The van der Waals surface area contributed by atoms with Gasteiger partial charge in [-0.25, -0.2) is 0 Å². The van der Waals surface area contributed by atoms with Gasteiger partial charge < -0.3 is 10.1 Å². The van der Waals surface area contributed by atoms with Crippen molar-refractivity contribution in [1.29, 1.82) is 0 Å². The number of anilines is 1. The number of aromatic nitrogens is 2. The van der Waals surface area contributed by atoms with Crippen molar-refractivity contribution < 1.29 is 14.5 Å². The molecule has 1 N–H and O–H groups in total. The third-order valence-corrected chi connectivity index (χ3v) is 6.23. The van der Waals surface area contributed by atoms with E-state index in [1.165, 1.54) is 6.07 Å². The summed E-state index contributed by atoms with van der Waals surface area (Å²) >= 11 is 6.30. The van der Waals surface area contributed by atoms with Gasteiger partial charge in [-0.1, -0.05) is 41.9 Å². The van der Waals surface area contributed by atoms with Crippen LogP contribution in [0.25, 0.3) is 0 Å². The van der Waals surface area contributed by atoms with E-state index < -0.39 is 4.92 Å². The predicted octanol–water partition coefficient (Wildman–Crippen LogP) is 6.25. The maximum Gasteiger partial charge on any atom is 0.272 e. The number of benzene rings is 3. The number of carbonyl (C=O) groups is 1. The Kier molecular flexibility index (Phi) is 7.36. The van der Waals surface area contributed by atoms with E-state index in [-0.39, 0.29) is 18.2 Å². The largest absolute Gasteiger partial charge is 0.489 e. The lowest BCUT2D eigenvalue weighted by Crippen LogP contribution is -2.14. The average Bonchev–Trinajstić information content (AvgIpc) is 3.11. The van der Waals surface area contributed by atoms with Gasteiger partial charge in [0, 0.05) is 22.2 Å². The van der Waals surface area contributed by atoms with E-state index in [1.54, 1.807) is 37.3 Å². The van der Waals surface area contributed by atoms with Crippen LogP contribution in [-0.2, 0) is 13.2 Å². The van der Waals surface area contributed by atoms with Crippen LogP contribution in [0.1, 0.15) is 38.4 Å². The number of halogens is 1. The molecule has 1 heterocycles. The molecule has 0 radical (unpaired) electrons. The molecule has 0 saturated carbocycles. The molecule has 8 nitrogen and oxygen atoms in total. The summed E-state index contributed by atoms with van der Waals surface area (Å²) in [6, 6.07) is 19.3. The fourth-order valence-corrected chi connectivity index (χ4v) is 4.09. The molecule has 3 aromatic carbocycles. The average molecular weight is 505 g/mol. The van der Waals surface area contributed by atoms with Crippen LogP contribution in [0.4, 0.5) is 11.4 Å². The number of aryl methyl sites for hydroxylation is 2. The molecular formula is C27H25ClN4O4. The zero-order chi connectivity index (χ0) is 25.8. The SMILES string of the molecule is Cc1cc(OCc2cccc(C(=O)Nc3c(C)nn(Cc4ccccc4Cl)c3C)c2)ccc1[N+](=O)[O-]. The van der Waals surface area contributed by atoms with Gasteiger partial charge in [0.1, 0.15) is 12.4 Å². The Morgan fingerprint density at radius 2 is 1.86 bits per heavy atom. The molecule has 4 aromatic rings. The number of nitro benzene ring substituents is 1. The highest BCUT2D eigenvalue weighted by Crippen LogP contribution is 2.25. The number of nitro groups is 1. The van der Waals surface area contributed by atoms with E-state index >= 15 is 0 Å². The zero-order valence-electron chi connectivity index (χ0n) is 20.1. The minimum atomic E-state index is -0.425. The third-order valence-electron chi connectivity index (χ3n) is 5.86. The lowest BCUT2D eigenvalue weighted by atomic mass is 10.1. The van der Waals surface area contributed by atoms with Crippen LogP contribution in [0.5, 0.6) is 5.75 Å². The number of nitrogens with one attached hydrogen (secondary N) is 1. The summed E-state index contributed by atoms with van der Waals surface area (Å²) in [5.41, 5.74) is 4.98. The lowest BCUT2D eigenvalue weighted by molar-refractivity contribution is -0.385. The van der Waals surface area contributed by atoms with E-state index in [2.05, 4.69) is 10.4 Å². The fourth-order valence-electron chi connectivity index (χ4n) is 3.90. The first-order valence-electron chi connectivity index (χ1n) is 11.3. The van der Waals surface area contributed by atoms with Crippen LogP contribution < -0.4 is 10.1 Å². The fraction of sp³-hybridized carbons (Fsp3) is 0.185. The molecule has 36 heavy (non-hydrogen) atoms. The van der Waals surface area contributed by atoms with Gasteiger partial charge in [0.05, 0.1) is 28.5 Å². The van der Waals surface area contributed by atoms with Crippen molar-refractivity contribution in [2.24, 2.45) is 0 Å². The smallest absolute Gasteiger partial charge is 0.272 e. The molecule has 184 valence electrons. The lowest BCUT2D eigenvalue weighted by Gasteiger charge is -2.10. The molecule has 0 aliphatic carbocycles. The Hall–Kier alpha value is -4.17. The van der Waals surface area contributed by atoms with Gasteiger partial charge in [-0.2, -0.15) is 5.10 Å². The van der Waals surface area contributed by atoms with E-state index in [0.717, 1.165) is 16.8 Å². The van der Waals surface area contributed by atoms with Crippen molar-refractivity contribution in [3.05, 3.63) is 116 Å². The summed E-state index contributed by atoms with van der Waals surface area (Å²) < 4.78 is 7.61. The highest BCUT2D eigenvalue weighted by Gasteiger charge is 2.17. The van der Waals surface area contributed by atoms with E-state index in [4.69, 9.17) is 16.3 Å². The molecule has 9 heteroatoms. The second-order valence-corrected chi connectivity index (χ2v) is 8.85. The van der Waals surface area contributed by atoms with E-state index in [1.807, 2.05) is 48.9 Å². The Labute approximate surface area is 213 Å². The van der Waals surface area contributed by atoms with Crippen LogP contribution in [0, 0.1) is 30.9 Å². The molecule has 0 aliphatic heterocycles. The van der Waals surface area contributed by atoms with E-state index in [9.17, 15) is 14.9 Å². The van der Waals surface area contributed by atoms with Crippen LogP contribution in [0.2, 0.25) is 5.02 Å². The molecule has 4 rings (SSSR count). The number of ether oxygens (including phenoxy) is 1. The van der Waals surface area contributed by atoms with Gasteiger partial charge in [0.25, 0.3) is 11.6 Å². The Morgan fingerprint density at radius 1 is 1.08 bits per heavy atom. The summed E-state index contributed by atoms with van der Waals surface area (Å²) in [6.45, 7) is 6.13. The Morgan fingerprint density at radius 3 is 2.58 bits per heavy atom. The van der Waals surface area contributed by atoms with Crippen molar-refractivity contribution in [3.63, 3.8) is 0 Å². The first-order chi connectivity index (χ1) is 17.2. The zero-order valence-corrected chi connectivity index (χ0v) is 20.9. The third kappa shape index (κ3) is 5.55. The minimum Gasteiger partial charge on any atom is -0.489 e. The number of hydrogen-bond acceptors (Lipinski definition) is 5. The monoisotopic (exact) mass is 504 g/mol. The summed E-state index contributed by atoms with van der Waals surface area (Å²) in [5, 5.41) is 19.2. The van der Waals surface area contributed by atoms with Crippen LogP contribution >= 0.6 is 11.6 Å². The molecule has 0 spiro atoms. The van der Waals surface area contributed by atoms with Gasteiger partial charge >= 0.3 is 0 Å². The maximum absolute atomic E-state index is 13.0. The summed E-state index contributed by atoms with van der Waals surface area (Å²) in [5.74, 6) is 0.261. The molecule has 0 aliphatic rings. The standard InChI is InChI=1S/C27H25ClN4O4/c1-17-13-23(11-12-25(17)32(34)35)36-16-20-7-6-9-21(14-20)27(33)29-26-18(2)30-31(19(26)3)15-22-8-4-5-10-24(22)28/h4-14H,15-16H2,1-3H3,(H,29,33). The first kappa shape index (κ1) is 24.9. The summed E-state index contributed by atoms with van der Waals surface area (Å²) in [4.78, 5) is 23.6. The second kappa shape index (κ2) is 10.6. The Balaban J connectivity index is 1.45. The molecule has 0 unspecified atom stereocenters. The normalized spacial score (nSPS) is 10.8. The quantitative estimate of drug-likeness (QED) is 0.226. The molecule has 1 amide bonds. The van der Waals surface area contributed by atoms with Crippen molar-refractivity contribution in [3.8, 4) is 5.75 Å². The molecule has 1 aromatic heterocycles. The molecule has 0 saturated heterocycles. The van der Waals surface area contributed by atoms with E-state index in [0.29, 0.717) is 39.8 Å². The summed E-state index contributed by atoms with van der Waals surface area (Å²) in [6.07, 6.45) is 0. The van der Waals surface area contributed by atoms with Crippen LogP contribution in [-0.4, -0.2) is 20.6 Å². The number of nitrogens with zero attached hydrogens (tertiary/aromatic N) is 3. The maximum atomic E-state index is 13.0. The topological polar surface area (TPSA) is 99.3 Å². The number of rotatable bonds is 8. The van der Waals surface area contributed by atoms with Gasteiger partial charge in [0.2, 0.25) is 0 Å². The summed E-state index contributed by atoms with van der Waals surface area (Å²) in [7, 11) is 0. The highest BCUT2D eigenvalue weighted by atomic mass is 35.5. The Bertz CT molecular complexity index is 1450. The molecule has 0 bridgehead atoms. The number of hydrogen-bond donors (Lipinski definition) is 1.